The molecule has 1 aliphatic rings. The molecule has 124 valence electrons. The van der Waals surface area contributed by atoms with Crippen molar-refractivity contribution in [2.45, 2.75) is 31.9 Å². The largest absolute Gasteiger partial charge is 0.396 e. The highest BCUT2D eigenvalue weighted by atomic mass is 32.2. The van der Waals surface area contributed by atoms with Crippen LogP contribution in [0.2, 0.25) is 0 Å². The van der Waals surface area contributed by atoms with Gasteiger partial charge in [0.2, 0.25) is 11.8 Å². The maximum Gasteiger partial charge on any atom is 0.293 e. The Morgan fingerprint density at radius 1 is 1.35 bits per heavy atom. The van der Waals surface area contributed by atoms with Gasteiger partial charge < -0.3 is 10.4 Å². The lowest BCUT2D eigenvalue weighted by molar-refractivity contribution is -0.124. The fourth-order valence-electron chi connectivity index (χ4n) is 2.41. The number of hydrogen-bond donors (Lipinski definition) is 2. The van der Waals surface area contributed by atoms with Gasteiger partial charge in [0.05, 0.1) is 5.69 Å². The van der Waals surface area contributed by atoms with E-state index < -0.39 is 5.25 Å². The summed E-state index contributed by atoms with van der Waals surface area (Å²) in [5.41, 5.74) is 2.47. The number of aliphatic hydroxyl groups excluding tert-OH is 1. The van der Waals surface area contributed by atoms with Gasteiger partial charge in [0.1, 0.15) is 5.25 Å². The number of imide groups is 1. The van der Waals surface area contributed by atoms with Crippen molar-refractivity contribution in [3.8, 4) is 0 Å². The molecule has 1 heterocycles. The van der Waals surface area contributed by atoms with Crippen LogP contribution < -0.4 is 10.2 Å². The number of thioether (sulfide) groups is 1. The van der Waals surface area contributed by atoms with E-state index in [1.165, 1.54) is 0 Å². The van der Waals surface area contributed by atoms with Crippen LogP contribution in [0.4, 0.5) is 10.5 Å². The number of anilines is 1. The number of aliphatic hydroxyl groups is 1. The molecule has 2 N–H and O–H groups in total. The summed E-state index contributed by atoms with van der Waals surface area (Å²) in [6, 6.07) is 5.52. The normalized spacial score (nSPS) is 17.7. The fourth-order valence-corrected chi connectivity index (χ4v) is 3.39. The number of amides is 3. The van der Waals surface area contributed by atoms with E-state index in [-0.39, 0.29) is 30.1 Å². The number of aryl methyl sites for hydroxylation is 2. The van der Waals surface area contributed by atoms with Crippen LogP contribution in [-0.2, 0) is 9.59 Å². The van der Waals surface area contributed by atoms with E-state index in [2.05, 4.69) is 5.32 Å². The summed E-state index contributed by atoms with van der Waals surface area (Å²) >= 11 is 0.884. The van der Waals surface area contributed by atoms with Crippen LogP contribution in [0.5, 0.6) is 0 Å². The number of carbonyl (C=O) groups is 3. The number of hydrogen-bond acceptors (Lipinski definition) is 5. The minimum absolute atomic E-state index is 0.00362. The predicted molar refractivity (Wildman–Crippen MR) is 89.5 cm³/mol. The monoisotopic (exact) mass is 336 g/mol. The van der Waals surface area contributed by atoms with Crippen LogP contribution in [0.3, 0.4) is 0 Å². The minimum atomic E-state index is -0.697. The van der Waals surface area contributed by atoms with Crippen LogP contribution >= 0.6 is 11.8 Å². The summed E-state index contributed by atoms with van der Waals surface area (Å²) in [5, 5.41) is 10.3. The highest BCUT2D eigenvalue weighted by molar-refractivity contribution is 8.15. The Bertz CT molecular complexity index is 633. The van der Waals surface area contributed by atoms with Crippen molar-refractivity contribution < 1.29 is 19.5 Å². The standard InChI is InChI=1S/C16H20N2O4S/c1-10-4-5-12(11(2)8-10)18-15(21)13(23-16(18)22)9-14(20)17-6-3-7-19/h4-5,8,13,19H,3,6-7,9H2,1-2H3,(H,17,20). The quantitative estimate of drug-likeness (QED) is 0.773. The third-order valence-corrected chi connectivity index (χ3v) is 4.58. The molecule has 23 heavy (non-hydrogen) atoms. The second-order valence-electron chi connectivity index (χ2n) is 5.47. The molecule has 7 heteroatoms. The molecule has 0 saturated carbocycles. The zero-order chi connectivity index (χ0) is 17.0. The molecule has 0 aliphatic carbocycles. The van der Waals surface area contributed by atoms with Crippen molar-refractivity contribution in [2.24, 2.45) is 0 Å². The zero-order valence-electron chi connectivity index (χ0n) is 13.2. The molecule has 1 aromatic carbocycles. The second-order valence-corrected chi connectivity index (χ2v) is 6.62. The number of nitrogens with zero attached hydrogens (tertiary/aromatic N) is 1. The smallest absolute Gasteiger partial charge is 0.293 e. The third-order valence-electron chi connectivity index (χ3n) is 3.54. The van der Waals surface area contributed by atoms with Gasteiger partial charge >= 0.3 is 0 Å². The van der Waals surface area contributed by atoms with Gasteiger partial charge in [0.15, 0.2) is 0 Å². The molecule has 0 spiro atoms. The topological polar surface area (TPSA) is 86.7 Å². The Hall–Kier alpha value is -1.86. The second kappa shape index (κ2) is 7.61. The number of benzene rings is 1. The molecule has 0 bridgehead atoms. The SMILES string of the molecule is Cc1ccc(N2C(=O)SC(CC(=O)NCCCO)C2=O)c(C)c1. The predicted octanol–water partition coefficient (Wildman–Crippen LogP) is 1.76. The summed E-state index contributed by atoms with van der Waals surface area (Å²) in [5.74, 6) is -0.649. The first kappa shape index (κ1) is 17.5. The molecule has 1 fully saturated rings. The molecule has 1 aliphatic heterocycles. The highest BCUT2D eigenvalue weighted by Gasteiger charge is 2.41. The summed E-state index contributed by atoms with van der Waals surface area (Å²) in [6.07, 6.45) is 0.424. The highest BCUT2D eigenvalue weighted by Crippen LogP contribution is 2.35. The molecule has 1 saturated heterocycles. The van der Waals surface area contributed by atoms with Crippen molar-refractivity contribution in [3.63, 3.8) is 0 Å². The van der Waals surface area contributed by atoms with Gasteiger partial charge in [-0.05, 0) is 43.7 Å². The van der Waals surface area contributed by atoms with Crippen LogP contribution in [-0.4, -0.2) is 40.6 Å². The molecular weight excluding hydrogens is 316 g/mol. The van der Waals surface area contributed by atoms with E-state index in [1.807, 2.05) is 26.0 Å². The summed E-state index contributed by atoms with van der Waals surface area (Å²) < 4.78 is 0. The van der Waals surface area contributed by atoms with E-state index in [0.29, 0.717) is 18.7 Å². The molecule has 1 atom stereocenters. The average Bonchev–Trinajstić information content (AvgIpc) is 2.74. The van der Waals surface area contributed by atoms with E-state index >= 15 is 0 Å². The fraction of sp³-hybridized carbons (Fsp3) is 0.438. The van der Waals surface area contributed by atoms with Gasteiger partial charge in [0, 0.05) is 19.6 Å². The average molecular weight is 336 g/mol. The first-order valence-corrected chi connectivity index (χ1v) is 8.31. The van der Waals surface area contributed by atoms with Crippen LogP contribution in [0, 0.1) is 13.8 Å². The Morgan fingerprint density at radius 3 is 2.74 bits per heavy atom. The lowest BCUT2D eigenvalue weighted by Crippen LogP contribution is -2.35. The van der Waals surface area contributed by atoms with Crippen molar-refractivity contribution in [1.82, 2.24) is 5.32 Å². The Balaban J connectivity index is 2.06. The Kier molecular flexibility index (Phi) is 5.79. The van der Waals surface area contributed by atoms with Crippen molar-refractivity contribution >= 4 is 34.5 Å². The minimum Gasteiger partial charge on any atom is -0.396 e. The van der Waals surface area contributed by atoms with E-state index in [1.54, 1.807) is 6.07 Å². The summed E-state index contributed by atoms with van der Waals surface area (Å²) in [6.45, 7) is 4.15. The van der Waals surface area contributed by atoms with Crippen molar-refractivity contribution in [1.29, 1.82) is 0 Å². The molecule has 6 nitrogen and oxygen atoms in total. The summed E-state index contributed by atoms with van der Waals surface area (Å²) in [7, 11) is 0. The van der Waals surface area contributed by atoms with E-state index in [4.69, 9.17) is 5.11 Å². The summed E-state index contributed by atoms with van der Waals surface area (Å²) in [4.78, 5) is 37.6. The van der Waals surface area contributed by atoms with E-state index in [0.717, 1.165) is 27.8 Å². The molecule has 1 aromatic rings. The number of nitrogens with one attached hydrogen (secondary N) is 1. The van der Waals surface area contributed by atoms with Crippen molar-refractivity contribution in [2.75, 3.05) is 18.1 Å². The maximum atomic E-state index is 12.5. The molecule has 1 unspecified atom stereocenters. The Morgan fingerprint density at radius 2 is 2.09 bits per heavy atom. The number of carbonyl (C=O) groups excluding carboxylic acids is 3. The van der Waals surface area contributed by atoms with Crippen molar-refractivity contribution in [3.05, 3.63) is 29.3 Å². The van der Waals surface area contributed by atoms with Gasteiger partial charge in [-0.3, -0.25) is 14.4 Å². The van der Waals surface area contributed by atoms with Gasteiger partial charge in [-0.25, -0.2) is 4.90 Å². The lowest BCUT2D eigenvalue weighted by atomic mass is 10.1. The molecule has 0 aromatic heterocycles. The van der Waals surface area contributed by atoms with Gasteiger partial charge in [0.25, 0.3) is 5.24 Å². The maximum absolute atomic E-state index is 12.5. The first-order valence-electron chi connectivity index (χ1n) is 7.43. The molecular formula is C16H20N2O4S. The van der Waals surface area contributed by atoms with E-state index in [9.17, 15) is 14.4 Å². The van der Waals surface area contributed by atoms with Crippen LogP contribution in [0.25, 0.3) is 0 Å². The molecule has 3 amide bonds. The number of rotatable bonds is 6. The lowest BCUT2D eigenvalue weighted by Gasteiger charge is -2.17. The zero-order valence-corrected chi connectivity index (χ0v) is 14.0. The molecule has 2 rings (SSSR count). The van der Waals surface area contributed by atoms with Gasteiger partial charge in [-0.15, -0.1) is 0 Å². The molecule has 0 radical (unpaired) electrons. The van der Waals surface area contributed by atoms with Crippen LogP contribution in [0.15, 0.2) is 18.2 Å². The van der Waals surface area contributed by atoms with Crippen LogP contribution in [0.1, 0.15) is 24.0 Å². The Labute approximate surface area is 139 Å². The van der Waals surface area contributed by atoms with Gasteiger partial charge in [-0.1, -0.05) is 17.7 Å². The third kappa shape index (κ3) is 4.11. The van der Waals surface area contributed by atoms with Gasteiger partial charge in [-0.2, -0.15) is 0 Å². The first-order chi connectivity index (χ1) is 10.9.